The summed E-state index contributed by atoms with van der Waals surface area (Å²) >= 11 is 1.35. The summed E-state index contributed by atoms with van der Waals surface area (Å²) in [6.45, 7) is 6.13. The lowest BCUT2D eigenvalue weighted by Crippen LogP contribution is -2.23. The number of likely N-dealkylation sites (N-methyl/N-ethyl adjacent to an activating group) is 1. The number of ether oxygens (including phenoxy) is 2. The molecule has 1 heterocycles. The molecule has 3 rings (SSSR count). The van der Waals surface area contributed by atoms with Gasteiger partial charge in [0, 0.05) is 12.6 Å². The van der Waals surface area contributed by atoms with Gasteiger partial charge in [0.25, 0.3) is 5.91 Å². The molecule has 0 N–H and O–H groups in total. The van der Waals surface area contributed by atoms with Crippen LogP contribution in [0.3, 0.4) is 0 Å². The fourth-order valence-electron chi connectivity index (χ4n) is 2.92. The van der Waals surface area contributed by atoms with E-state index in [0.717, 1.165) is 23.2 Å². The van der Waals surface area contributed by atoms with Crippen molar-refractivity contribution < 1.29 is 14.3 Å². The number of amidine groups is 1. The summed E-state index contributed by atoms with van der Waals surface area (Å²) in [4.78, 5) is 19.7. The fourth-order valence-corrected chi connectivity index (χ4v) is 3.89. The van der Waals surface area contributed by atoms with Crippen molar-refractivity contribution in [1.82, 2.24) is 4.90 Å². The van der Waals surface area contributed by atoms with Crippen molar-refractivity contribution in [2.45, 2.75) is 13.3 Å². The van der Waals surface area contributed by atoms with Gasteiger partial charge in [-0.2, -0.15) is 0 Å². The van der Waals surface area contributed by atoms with E-state index in [1.165, 1.54) is 11.8 Å². The van der Waals surface area contributed by atoms with E-state index >= 15 is 0 Å². The first kappa shape index (κ1) is 20.7. The predicted molar refractivity (Wildman–Crippen MR) is 120 cm³/mol. The highest BCUT2D eigenvalue weighted by Gasteiger charge is 2.31. The van der Waals surface area contributed by atoms with Crippen LogP contribution < -0.4 is 9.47 Å². The second-order valence-corrected chi connectivity index (χ2v) is 7.34. The summed E-state index contributed by atoms with van der Waals surface area (Å²) in [5.41, 5.74) is 2.80. The van der Waals surface area contributed by atoms with E-state index in [1.54, 1.807) is 25.1 Å². The zero-order valence-corrected chi connectivity index (χ0v) is 17.7. The molecular weight excluding hydrogens is 384 g/mol. The van der Waals surface area contributed by atoms with Gasteiger partial charge in [0.2, 0.25) is 0 Å². The number of amides is 1. The van der Waals surface area contributed by atoms with E-state index in [2.05, 4.69) is 19.6 Å². The first-order valence-electron chi connectivity index (χ1n) is 9.34. The van der Waals surface area contributed by atoms with Crippen molar-refractivity contribution in [3.05, 3.63) is 71.2 Å². The summed E-state index contributed by atoms with van der Waals surface area (Å²) in [5, 5.41) is 0.651. The number of para-hydroxylation sites is 2. The maximum atomic E-state index is 12.8. The number of thioether (sulfide) groups is 1. The lowest BCUT2D eigenvalue weighted by molar-refractivity contribution is -0.121. The van der Waals surface area contributed by atoms with Gasteiger partial charge < -0.3 is 9.47 Å². The summed E-state index contributed by atoms with van der Waals surface area (Å²) in [7, 11) is 3.33. The number of methoxy groups -OCH3 is 1. The Morgan fingerprint density at radius 2 is 2.00 bits per heavy atom. The highest BCUT2D eigenvalue weighted by molar-refractivity contribution is 8.18. The van der Waals surface area contributed by atoms with Gasteiger partial charge in [-0.3, -0.25) is 9.69 Å². The number of carbonyl (C=O) groups excluding carboxylic acids is 1. The molecule has 0 aromatic heterocycles. The summed E-state index contributed by atoms with van der Waals surface area (Å²) < 4.78 is 11.2. The van der Waals surface area contributed by atoms with Crippen LogP contribution >= 0.6 is 11.8 Å². The van der Waals surface area contributed by atoms with Crippen molar-refractivity contribution in [2.75, 3.05) is 20.8 Å². The van der Waals surface area contributed by atoms with E-state index in [-0.39, 0.29) is 5.91 Å². The Kier molecular flexibility index (Phi) is 6.77. The molecule has 0 saturated carbocycles. The van der Waals surface area contributed by atoms with Crippen molar-refractivity contribution in [3.63, 3.8) is 0 Å². The van der Waals surface area contributed by atoms with E-state index < -0.39 is 0 Å². The molecule has 1 saturated heterocycles. The molecule has 0 bridgehead atoms. The molecule has 0 radical (unpaired) electrons. The maximum Gasteiger partial charge on any atom is 0.266 e. The Morgan fingerprint density at radius 1 is 1.21 bits per heavy atom. The minimum absolute atomic E-state index is 0.0970. The van der Waals surface area contributed by atoms with E-state index in [1.807, 2.05) is 42.5 Å². The Hall–Kier alpha value is -2.99. The van der Waals surface area contributed by atoms with Gasteiger partial charge >= 0.3 is 0 Å². The fraction of sp³-hybridized carbons (Fsp3) is 0.217. The van der Waals surface area contributed by atoms with Gasteiger partial charge in [0.05, 0.1) is 17.7 Å². The minimum atomic E-state index is -0.0970. The molecule has 0 aliphatic carbocycles. The Morgan fingerprint density at radius 3 is 2.72 bits per heavy atom. The highest BCUT2D eigenvalue weighted by Crippen LogP contribution is 2.38. The number of aliphatic imine (C=N–C) groups is 1. The van der Waals surface area contributed by atoms with Crippen LogP contribution in [0.5, 0.6) is 11.5 Å². The molecule has 1 aliphatic heterocycles. The van der Waals surface area contributed by atoms with Crippen molar-refractivity contribution in [1.29, 1.82) is 0 Å². The van der Waals surface area contributed by atoms with Gasteiger partial charge in [-0.05, 0) is 42.0 Å². The summed E-state index contributed by atoms with van der Waals surface area (Å²) in [6.07, 6.45) is 4.37. The van der Waals surface area contributed by atoms with Gasteiger partial charge in [0.15, 0.2) is 16.7 Å². The maximum absolute atomic E-state index is 12.8. The van der Waals surface area contributed by atoms with Crippen LogP contribution in [0.25, 0.3) is 6.08 Å². The molecule has 5 nitrogen and oxygen atoms in total. The van der Waals surface area contributed by atoms with E-state index in [0.29, 0.717) is 28.2 Å². The second-order valence-electron chi connectivity index (χ2n) is 6.33. The van der Waals surface area contributed by atoms with Gasteiger partial charge in [0.1, 0.15) is 6.61 Å². The highest BCUT2D eigenvalue weighted by atomic mass is 32.2. The largest absolute Gasteiger partial charge is 0.493 e. The van der Waals surface area contributed by atoms with Crippen LogP contribution in [0.15, 0.2) is 65.0 Å². The number of hydrogen-bond acceptors (Lipinski definition) is 5. The van der Waals surface area contributed by atoms with Crippen molar-refractivity contribution >= 4 is 34.6 Å². The van der Waals surface area contributed by atoms with E-state index in [4.69, 9.17) is 14.5 Å². The molecule has 2 aromatic rings. The standard InChI is InChI=1S/C23H24N2O3S/c1-5-14-28-21-17(11-9-13-19(21)27-4)15-20-22(26)25(3)23(29-20)24-18-12-8-7-10-16(18)6-2/h5,7-13,15H,1,6,14H2,2-4H3/b20-15+,24-23?. The normalized spacial score (nSPS) is 16.5. The zero-order valence-electron chi connectivity index (χ0n) is 16.8. The molecule has 0 atom stereocenters. The van der Waals surface area contributed by atoms with Crippen molar-refractivity contribution in [3.8, 4) is 11.5 Å². The van der Waals surface area contributed by atoms with Gasteiger partial charge in [-0.1, -0.05) is 49.9 Å². The molecule has 1 aliphatic rings. The Labute approximate surface area is 175 Å². The predicted octanol–water partition coefficient (Wildman–Crippen LogP) is 5.06. The monoisotopic (exact) mass is 408 g/mol. The summed E-state index contributed by atoms with van der Waals surface area (Å²) in [6, 6.07) is 13.6. The molecule has 29 heavy (non-hydrogen) atoms. The molecule has 0 spiro atoms. The molecule has 150 valence electrons. The quantitative estimate of drug-likeness (QED) is 0.475. The third-order valence-electron chi connectivity index (χ3n) is 4.45. The molecular formula is C23H24N2O3S. The Bertz CT molecular complexity index is 982. The number of nitrogens with zero attached hydrogens (tertiary/aromatic N) is 2. The SMILES string of the molecule is C=CCOc1c(/C=C2/SC(=Nc3ccccc3CC)N(C)C2=O)cccc1OC. The average Bonchev–Trinajstić information content (AvgIpc) is 3.00. The number of rotatable bonds is 7. The lowest BCUT2D eigenvalue weighted by Gasteiger charge is -2.12. The third-order valence-corrected chi connectivity index (χ3v) is 5.51. The van der Waals surface area contributed by atoms with E-state index in [9.17, 15) is 4.79 Å². The van der Waals surface area contributed by atoms with Gasteiger partial charge in [-0.25, -0.2) is 4.99 Å². The molecule has 0 unspecified atom stereocenters. The number of aryl methyl sites for hydroxylation is 1. The van der Waals surface area contributed by atoms with Crippen LogP contribution in [0.2, 0.25) is 0 Å². The average molecular weight is 409 g/mol. The van der Waals surface area contributed by atoms with Crippen molar-refractivity contribution in [2.24, 2.45) is 4.99 Å². The molecule has 6 heteroatoms. The van der Waals surface area contributed by atoms with Crippen LogP contribution in [0.4, 0.5) is 5.69 Å². The first-order chi connectivity index (χ1) is 14.1. The van der Waals surface area contributed by atoms with Gasteiger partial charge in [-0.15, -0.1) is 0 Å². The second kappa shape index (κ2) is 9.47. The van der Waals surface area contributed by atoms with Crippen LogP contribution in [-0.4, -0.2) is 36.7 Å². The van der Waals surface area contributed by atoms with Crippen LogP contribution in [0, 0.1) is 0 Å². The number of hydrogen-bond donors (Lipinski definition) is 0. The number of carbonyl (C=O) groups is 1. The third kappa shape index (κ3) is 4.54. The minimum Gasteiger partial charge on any atom is -0.493 e. The molecule has 2 aromatic carbocycles. The van der Waals surface area contributed by atoms with Crippen LogP contribution in [-0.2, 0) is 11.2 Å². The van der Waals surface area contributed by atoms with Crippen LogP contribution in [0.1, 0.15) is 18.1 Å². The smallest absolute Gasteiger partial charge is 0.266 e. The molecule has 1 amide bonds. The topological polar surface area (TPSA) is 51.1 Å². The Balaban J connectivity index is 1.97. The zero-order chi connectivity index (χ0) is 20.8. The first-order valence-corrected chi connectivity index (χ1v) is 10.2. The summed E-state index contributed by atoms with van der Waals surface area (Å²) in [5.74, 6) is 1.09. The lowest BCUT2D eigenvalue weighted by atomic mass is 10.1. The number of benzene rings is 2. The molecule has 1 fully saturated rings.